The highest BCUT2D eigenvalue weighted by molar-refractivity contribution is 14.0. The van der Waals surface area contributed by atoms with Crippen LogP contribution in [-0.4, -0.2) is 18.0 Å². The number of nitrogens with one attached hydrogen (secondary N) is 2. The Hall–Kier alpha value is -1.82. The molecule has 0 aliphatic carbocycles. The molecule has 0 bridgehead atoms. The fraction of sp³-hybridized carbons (Fsp3) is 0.294. The molecule has 10 heteroatoms. The molecule has 2 N–H and O–H groups in total. The number of aryl methyl sites for hydroxylation is 1. The van der Waals surface area contributed by atoms with Crippen LogP contribution in [0.3, 0.4) is 0 Å². The van der Waals surface area contributed by atoms with Crippen molar-refractivity contribution in [3.8, 4) is 0 Å². The lowest BCUT2D eigenvalue weighted by Crippen LogP contribution is -2.36. The number of aromatic nitrogens is 1. The number of guanidine groups is 1. The van der Waals surface area contributed by atoms with E-state index in [1.807, 2.05) is 31.2 Å². The predicted octanol–water partition coefficient (Wildman–Crippen LogP) is 4.70. The van der Waals surface area contributed by atoms with E-state index >= 15 is 0 Å². The summed E-state index contributed by atoms with van der Waals surface area (Å²) in [7, 11) is 1.59. The summed E-state index contributed by atoms with van der Waals surface area (Å²) in [6.45, 7) is 2.54. The summed E-state index contributed by atoms with van der Waals surface area (Å²) in [5.74, 6) is 1.23. The van der Waals surface area contributed by atoms with Crippen molar-refractivity contribution < 1.29 is 17.6 Å². The van der Waals surface area contributed by atoms with Gasteiger partial charge in [0.05, 0.1) is 13.1 Å². The number of alkyl halides is 3. The number of benzene rings is 1. The Balaban J connectivity index is 0.00000261. The third-order valence-corrected chi connectivity index (χ3v) is 4.68. The van der Waals surface area contributed by atoms with Crippen LogP contribution in [0.4, 0.5) is 13.2 Å². The maximum absolute atomic E-state index is 12.6. The zero-order chi connectivity index (χ0) is 18.7. The molecule has 3 aromatic rings. The van der Waals surface area contributed by atoms with Crippen LogP contribution in [-0.2, 0) is 19.3 Å². The fourth-order valence-corrected chi connectivity index (χ4v) is 3.20. The number of fused-ring (bicyclic) bond motifs is 1. The minimum Gasteiger partial charge on any atom is -0.459 e. The number of rotatable bonds is 4. The van der Waals surface area contributed by atoms with Gasteiger partial charge in [0.25, 0.3) is 0 Å². The molecular formula is C17H18F3IN4OS. The van der Waals surface area contributed by atoms with Crippen LogP contribution in [0.2, 0.25) is 0 Å². The van der Waals surface area contributed by atoms with Crippen molar-refractivity contribution in [1.29, 1.82) is 0 Å². The molecule has 0 saturated carbocycles. The van der Waals surface area contributed by atoms with Crippen molar-refractivity contribution in [2.24, 2.45) is 4.99 Å². The zero-order valence-electron chi connectivity index (χ0n) is 14.6. The van der Waals surface area contributed by atoms with Crippen LogP contribution in [0.25, 0.3) is 11.0 Å². The van der Waals surface area contributed by atoms with E-state index in [0.717, 1.165) is 39.0 Å². The summed E-state index contributed by atoms with van der Waals surface area (Å²) in [6.07, 6.45) is -4.42. The fourth-order valence-electron chi connectivity index (χ4n) is 2.46. The molecule has 0 atom stereocenters. The van der Waals surface area contributed by atoms with Gasteiger partial charge in [-0.2, -0.15) is 13.2 Å². The molecule has 3 rings (SSSR count). The molecule has 0 amide bonds. The minimum atomic E-state index is -4.42. The highest BCUT2D eigenvalue weighted by Crippen LogP contribution is 2.30. The molecule has 0 saturated heterocycles. The van der Waals surface area contributed by atoms with Crippen molar-refractivity contribution in [3.63, 3.8) is 0 Å². The Morgan fingerprint density at radius 3 is 2.56 bits per heavy atom. The zero-order valence-corrected chi connectivity index (χ0v) is 17.7. The van der Waals surface area contributed by atoms with Gasteiger partial charge in [0.2, 0.25) is 0 Å². The van der Waals surface area contributed by atoms with Gasteiger partial charge in [0.15, 0.2) is 11.7 Å². The topological polar surface area (TPSA) is 62.5 Å². The average molecular weight is 510 g/mol. The van der Waals surface area contributed by atoms with Crippen molar-refractivity contribution in [2.45, 2.75) is 26.2 Å². The number of aliphatic imine (C=N–C) groups is 1. The van der Waals surface area contributed by atoms with Crippen LogP contribution >= 0.6 is 35.3 Å². The van der Waals surface area contributed by atoms with Crippen LogP contribution in [0, 0.1) is 6.92 Å². The summed E-state index contributed by atoms with van der Waals surface area (Å²) in [5.41, 5.74) is 0.977. The second-order valence-electron chi connectivity index (χ2n) is 5.55. The number of nitrogens with zero attached hydrogens (tertiary/aromatic N) is 2. The second-order valence-corrected chi connectivity index (χ2v) is 6.49. The Kier molecular flexibility index (Phi) is 7.09. The first-order valence-corrected chi connectivity index (χ1v) is 8.69. The molecule has 0 unspecified atom stereocenters. The molecule has 0 aliphatic rings. The number of hydrogen-bond acceptors (Lipinski definition) is 4. The molecule has 27 heavy (non-hydrogen) atoms. The maximum atomic E-state index is 12.6. The largest absolute Gasteiger partial charge is 0.459 e. The lowest BCUT2D eigenvalue weighted by Gasteiger charge is -2.10. The van der Waals surface area contributed by atoms with Crippen molar-refractivity contribution in [2.75, 3.05) is 7.05 Å². The Morgan fingerprint density at radius 1 is 1.22 bits per heavy atom. The second kappa shape index (κ2) is 8.91. The van der Waals surface area contributed by atoms with E-state index in [1.165, 1.54) is 0 Å². The van der Waals surface area contributed by atoms with Crippen LogP contribution in [0.1, 0.15) is 22.0 Å². The molecule has 2 aromatic heterocycles. The van der Waals surface area contributed by atoms with Crippen LogP contribution < -0.4 is 10.6 Å². The highest BCUT2D eigenvalue weighted by atomic mass is 127. The molecule has 2 heterocycles. The van der Waals surface area contributed by atoms with E-state index in [4.69, 9.17) is 4.42 Å². The Labute approximate surface area is 175 Å². The number of para-hydroxylation sites is 1. The summed E-state index contributed by atoms with van der Waals surface area (Å²) in [6, 6.07) is 7.75. The number of furan rings is 1. The number of hydrogen-bond donors (Lipinski definition) is 2. The Bertz CT molecular complexity index is 936. The predicted molar refractivity (Wildman–Crippen MR) is 111 cm³/mol. The van der Waals surface area contributed by atoms with E-state index < -0.39 is 11.9 Å². The first kappa shape index (κ1) is 21.5. The van der Waals surface area contributed by atoms with Gasteiger partial charge < -0.3 is 15.1 Å². The quantitative estimate of drug-likeness (QED) is 0.304. The van der Waals surface area contributed by atoms with Gasteiger partial charge in [-0.1, -0.05) is 18.2 Å². The van der Waals surface area contributed by atoms with Gasteiger partial charge in [0.1, 0.15) is 16.4 Å². The van der Waals surface area contributed by atoms with Crippen molar-refractivity contribution in [3.05, 3.63) is 51.7 Å². The summed E-state index contributed by atoms with van der Waals surface area (Å²) < 4.78 is 43.5. The lowest BCUT2D eigenvalue weighted by molar-refractivity contribution is -0.140. The van der Waals surface area contributed by atoms with Gasteiger partial charge in [-0.25, -0.2) is 4.98 Å². The van der Waals surface area contributed by atoms with E-state index in [0.29, 0.717) is 17.5 Å². The molecular weight excluding hydrogens is 492 g/mol. The smallest absolute Gasteiger partial charge is 0.434 e. The van der Waals surface area contributed by atoms with E-state index in [2.05, 4.69) is 20.6 Å². The summed E-state index contributed by atoms with van der Waals surface area (Å²) in [5, 5.41) is 8.44. The van der Waals surface area contributed by atoms with Gasteiger partial charge in [0, 0.05) is 23.4 Å². The molecule has 0 spiro atoms. The molecule has 146 valence electrons. The number of thiazole rings is 1. The maximum Gasteiger partial charge on any atom is 0.434 e. The summed E-state index contributed by atoms with van der Waals surface area (Å²) >= 11 is 0.954. The molecule has 0 radical (unpaired) electrons. The third kappa shape index (κ3) is 5.12. The van der Waals surface area contributed by atoms with E-state index in [-0.39, 0.29) is 30.5 Å². The monoisotopic (exact) mass is 510 g/mol. The highest BCUT2D eigenvalue weighted by Gasteiger charge is 2.33. The van der Waals surface area contributed by atoms with E-state index in [1.54, 1.807) is 7.05 Å². The van der Waals surface area contributed by atoms with Gasteiger partial charge >= 0.3 is 6.18 Å². The van der Waals surface area contributed by atoms with Gasteiger partial charge in [-0.05, 0) is 13.0 Å². The van der Waals surface area contributed by atoms with Crippen LogP contribution in [0.5, 0.6) is 0 Å². The molecule has 5 nitrogen and oxygen atoms in total. The molecule has 0 aliphatic heterocycles. The van der Waals surface area contributed by atoms with Crippen molar-refractivity contribution in [1.82, 2.24) is 15.6 Å². The van der Waals surface area contributed by atoms with Crippen LogP contribution in [0.15, 0.2) is 39.1 Å². The lowest BCUT2D eigenvalue weighted by atomic mass is 10.1. The summed E-state index contributed by atoms with van der Waals surface area (Å²) in [4.78, 5) is 7.64. The minimum absolute atomic E-state index is 0. The molecule has 0 fully saturated rings. The molecule has 1 aromatic carbocycles. The number of halogens is 4. The normalized spacial score (nSPS) is 12.1. The van der Waals surface area contributed by atoms with Gasteiger partial charge in [-0.15, -0.1) is 35.3 Å². The van der Waals surface area contributed by atoms with Crippen molar-refractivity contribution >= 4 is 52.2 Å². The average Bonchev–Trinajstić information content (AvgIpc) is 3.21. The first-order chi connectivity index (χ1) is 12.4. The standard InChI is InChI=1S/C17H17F3N4OS.HI/c1-10-11-5-3-4-6-12(11)25-13(10)7-22-16(21-2)23-8-15-24-14(9-26-15)17(18,19)20;/h3-6,9H,7-8H2,1-2H3,(H2,21,22,23);1H. The Morgan fingerprint density at radius 2 is 1.93 bits per heavy atom. The third-order valence-electron chi connectivity index (χ3n) is 3.83. The SMILES string of the molecule is CN=C(NCc1nc(C(F)(F)F)cs1)NCc1oc2ccccc2c1C.I. The van der Waals surface area contributed by atoms with Gasteiger partial charge in [-0.3, -0.25) is 4.99 Å². The van der Waals surface area contributed by atoms with E-state index in [9.17, 15) is 13.2 Å². The first-order valence-electron chi connectivity index (χ1n) is 7.81.